The highest BCUT2D eigenvalue weighted by atomic mass is 32.2. The average molecular weight is 397 g/mol. The molecule has 0 saturated carbocycles. The molecule has 0 spiro atoms. The van der Waals surface area contributed by atoms with Crippen molar-refractivity contribution in [1.82, 2.24) is 14.5 Å². The summed E-state index contributed by atoms with van der Waals surface area (Å²) >= 11 is 0. The van der Waals surface area contributed by atoms with Crippen LogP contribution in [0.4, 0.5) is 0 Å². The molecule has 0 bridgehead atoms. The molecule has 0 aliphatic carbocycles. The second-order valence-corrected chi connectivity index (χ2v) is 8.62. The molecule has 10 heteroatoms. The van der Waals surface area contributed by atoms with Crippen molar-refractivity contribution in [3.63, 3.8) is 0 Å². The Hall–Kier alpha value is -2.46. The Kier molecular flexibility index (Phi) is 6.55. The topological polar surface area (TPSA) is 124 Å². The number of amides is 2. The summed E-state index contributed by atoms with van der Waals surface area (Å²) in [6.45, 7) is 3.75. The third-order valence-corrected chi connectivity index (χ3v) is 5.80. The molecule has 0 atom stereocenters. The van der Waals surface area contributed by atoms with E-state index in [-0.39, 0.29) is 48.5 Å². The second-order valence-electron chi connectivity index (χ2n) is 6.69. The minimum atomic E-state index is -3.84. The number of aliphatic carboxylic acids is 1. The van der Waals surface area contributed by atoms with Gasteiger partial charge in [0.15, 0.2) is 0 Å². The van der Waals surface area contributed by atoms with Crippen molar-refractivity contribution >= 4 is 27.8 Å². The number of rotatable bonds is 7. The van der Waals surface area contributed by atoms with Crippen molar-refractivity contribution in [3.05, 3.63) is 29.8 Å². The summed E-state index contributed by atoms with van der Waals surface area (Å²) in [5.74, 6) is -1.88. The molecule has 1 aliphatic heterocycles. The first-order valence-corrected chi connectivity index (χ1v) is 9.93. The monoisotopic (exact) mass is 397 g/mol. The van der Waals surface area contributed by atoms with E-state index in [1.165, 1.54) is 29.2 Å². The second kappa shape index (κ2) is 8.49. The van der Waals surface area contributed by atoms with E-state index in [9.17, 15) is 22.8 Å². The summed E-state index contributed by atoms with van der Waals surface area (Å²) in [5, 5.41) is 11.6. The Labute approximate surface area is 158 Å². The molecule has 1 aromatic carbocycles. The Balaban J connectivity index is 2.21. The van der Waals surface area contributed by atoms with Gasteiger partial charge in [-0.2, -0.15) is 4.31 Å². The van der Waals surface area contributed by atoms with Gasteiger partial charge in [-0.05, 0) is 30.2 Å². The van der Waals surface area contributed by atoms with Gasteiger partial charge < -0.3 is 15.3 Å². The number of carbonyl (C=O) groups is 3. The minimum absolute atomic E-state index is 0.0256. The summed E-state index contributed by atoms with van der Waals surface area (Å²) in [5.41, 5.74) is 0.201. The molecule has 148 valence electrons. The first-order chi connectivity index (χ1) is 12.6. The van der Waals surface area contributed by atoms with Crippen LogP contribution in [-0.4, -0.2) is 73.2 Å². The number of hydrogen-bond donors (Lipinski definition) is 2. The van der Waals surface area contributed by atoms with Crippen LogP contribution in [0.1, 0.15) is 24.2 Å². The zero-order valence-electron chi connectivity index (χ0n) is 15.2. The molecule has 2 amide bonds. The number of nitrogens with zero attached hydrogens (tertiary/aromatic N) is 2. The maximum absolute atomic E-state index is 12.6. The van der Waals surface area contributed by atoms with E-state index in [1.54, 1.807) is 0 Å². The molecule has 27 heavy (non-hydrogen) atoms. The van der Waals surface area contributed by atoms with Crippen LogP contribution in [0.25, 0.3) is 0 Å². The van der Waals surface area contributed by atoms with Gasteiger partial charge in [-0.3, -0.25) is 14.4 Å². The zero-order chi connectivity index (χ0) is 20.2. The van der Waals surface area contributed by atoms with Gasteiger partial charge in [-0.25, -0.2) is 8.42 Å². The fraction of sp³-hybridized carbons (Fsp3) is 0.471. The lowest BCUT2D eigenvalue weighted by molar-refractivity contribution is -0.137. The van der Waals surface area contributed by atoms with Crippen molar-refractivity contribution < 1.29 is 27.9 Å². The number of piperazine rings is 1. The third kappa shape index (κ3) is 5.27. The molecule has 1 fully saturated rings. The molecule has 1 aliphatic rings. The van der Waals surface area contributed by atoms with Gasteiger partial charge in [0.05, 0.1) is 11.4 Å². The molecular formula is C17H23N3O6S. The molecule has 1 heterocycles. The fourth-order valence-corrected chi connectivity index (χ4v) is 4.14. The maximum atomic E-state index is 12.6. The van der Waals surface area contributed by atoms with Crippen LogP contribution >= 0.6 is 0 Å². The largest absolute Gasteiger partial charge is 0.480 e. The molecule has 2 N–H and O–H groups in total. The van der Waals surface area contributed by atoms with Gasteiger partial charge in [-0.15, -0.1) is 0 Å². The molecule has 0 radical (unpaired) electrons. The lowest BCUT2D eigenvalue weighted by atomic mass is 10.1. The summed E-state index contributed by atoms with van der Waals surface area (Å²) in [4.78, 5) is 36.2. The van der Waals surface area contributed by atoms with E-state index in [0.717, 1.165) is 4.31 Å². The number of benzene rings is 1. The smallest absolute Gasteiger partial charge is 0.323 e. The number of carboxylic acid groups (broad SMARTS) is 1. The summed E-state index contributed by atoms with van der Waals surface area (Å²) in [6, 6.07) is 5.30. The number of sulfonamides is 1. The van der Waals surface area contributed by atoms with Crippen LogP contribution in [0.3, 0.4) is 0 Å². The lowest BCUT2D eigenvalue weighted by Gasteiger charge is -2.26. The fourth-order valence-electron chi connectivity index (χ4n) is 2.74. The summed E-state index contributed by atoms with van der Waals surface area (Å²) in [7, 11) is -3.84. The maximum Gasteiger partial charge on any atom is 0.323 e. The minimum Gasteiger partial charge on any atom is -0.480 e. The number of hydrogen-bond acceptors (Lipinski definition) is 5. The summed E-state index contributed by atoms with van der Waals surface area (Å²) in [6.07, 6.45) is 0. The van der Waals surface area contributed by atoms with Crippen molar-refractivity contribution in [1.29, 1.82) is 0 Å². The van der Waals surface area contributed by atoms with Crippen LogP contribution in [0, 0.1) is 5.92 Å². The van der Waals surface area contributed by atoms with Crippen molar-refractivity contribution in [2.24, 2.45) is 5.92 Å². The predicted octanol–water partition coefficient (Wildman–Crippen LogP) is -0.0101. The molecule has 9 nitrogen and oxygen atoms in total. The van der Waals surface area contributed by atoms with Gasteiger partial charge in [-0.1, -0.05) is 13.8 Å². The van der Waals surface area contributed by atoms with Gasteiger partial charge >= 0.3 is 5.97 Å². The summed E-state index contributed by atoms with van der Waals surface area (Å²) < 4.78 is 26.3. The number of carboxylic acids is 1. The Morgan fingerprint density at radius 1 is 1.26 bits per heavy atom. The molecular weight excluding hydrogens is 374 g/mol. The first kappa shape index (κ1) is 20.8. The standard InChI is InChI=1S/C17H23N3O6S/c1-12(2)9-19(11-16(22)23)17(24)13-3-5-14(6-4-13)27(25,26)20-8-7-18-15(21)10-20/h3-6,12H,7-11H2,1-2H3,(H,18,21)(H,22,23). The van der Waals surface area contributed by atoms with E-state index >= 15 is 0 Å². The van der Waals surface area contributed by atoms with E-state index in [2.05, 4.69) is 5.32 Å². The lowest BCUT2D eigenvalue weighted by Crippen LogP contribution is -2.49. The van der Waals surface area contributed by atoms with E-state index in [4.69, 9.17) is 5.11 Å². The van der Waals surface area contributed by atoms with Gasteiger partial charge in [0.1, 0.15) is 6.54 Å². The van der Waals surface area contributed by atoms with Gasteiger partial charge in [0, 0.05) is 25.2 Å². The van der Waals surface area contributed by atoms with E-state index in [1.807, 2.05) is 13.8 Å². The van der Waals surface area contributed by atoms with Gasteiger partial charge in [0.2, 0.25) is 15.9 Å². The predicted molar refractivity (Wildman–Crippen MR) is 96.6 cm³/mol. The molecule has 1 saturated heterocycles. The zero-order valence-corrected chi connectivity index (χ0v) is 16.0. The van der Waals surface area contributed by atoms with E-state index < -0.39 is 28.4 Å². The van der Waals surface area contributed by atoms with Gasteiger partial charge in [0.25, 0.3) is 5.91 Å². The number of nitrogens with one attached hydrogen (secondary N) is 1. The van der Waals surface area contributed by atoms with Crippen LogP contribution in [0.5, 0.6) is 0 Å². The Morgan fingerprint density at radius 2 is 1.89 bits per heavy atom. The Morgan fingerprint density at radius 3 is 2.41 bits per heavy atom. The van der Waals surface area contributed by atoms with Crippen LogP contribution in [0.2, 0.25) is 0 Å². The SMILES string of the molecule is CC(C)CN(CC(=O)O)C(=O)c1ccc(S(=O)(=O)N2CCNC(=O)C2)cc1. The highest BCUT2D eigenvalue weighted by Gasteiger charge is 2.29. The van der Waals surface area contributed by atoms with Crippen molar-refractivity contribution in [2.75, 3.05) is 32.7 Å². The van der Waals surface area contributed by atoms with Crippen molar-refractivity contribution in [3.8, 4) is 0 Å². The average Bonchev–Trinajstić information content (AvgIpc) is 2.60. The highest BCUT2D eigenvalue weighted by molar-refractivity contribution is 7.89. The number of carbonyl (C=O) groups excluding carboxylic acids is 2. The van der Waals surface area contributed by atoms with E-state index in [0.29, 0.717) is 0 Å². The molecule has 1 aromatic rings. The quantitative estimate of drug-likeness (QED) is 0.667. The molecule has 0 aromatic heterocycles. The highest BCUT2D eigenvalue weighted by Crippen LogP contribution is 2.18. The molecule has 2 rings (SSSR count). The normalized spacial score (nSPS) is 15.4. The van der Waals surface area contributed by atoms with Crippen molar-refractivity contribution in [2.45, 2.75) is 18.7 Å². The van der Waals surface area contributed by atoms with Crippen LogP contribution < -0.4 is 5.32 Å². The Bertz CT molecular complexity index is 820. The third-order valence-electron chi connectivity index (χ3n) is 3.94. The van der Waals surface area contributed by atoms with Crippen LogP contribution in [0.15, 0.2) is 29.2 Å². The first-order valence-electron chi connectivity index (χ1n) is 8.49. The van der Waals surface area contributed by atoms with Crippen LogP contribution in [-0.2, 0) is 19.6 Å². The molecule has 0 unspecified atom stereocenters.